The molecule has 0 unspecified atom stereocenters. The molecule has 2 heterocycles. The van der Waals surface area contributed by atoms with Crippen molar-refractivity contribution in [2.45, 2.75) is 13.5 Å². The Morgan fingerprint density at radius 2 is 2.12 bits per heavy atom. The average molecular weight is 259 g/mol. The van der Waals surface area contributed by atoms with Crippen molar-refractivity contribution in [2.75, 3.05) is 5.32 Å². The number of hydrogen-bond donors (Lipinski definition) is 1. The molecule has 0 atom stereocenters. The summed E-state index contributed by atoms with van der Waals surface area (Å²) in [7, 11) is 0. The lowest BCUT2D eigenvalue weighted by Gasteiger charge is -2.04. The van der Waals surface area contributed by atoms with E-state index in [0.717, 1.165) is 5.69 Å². The Kier molecular flexibility index (Phi) is 3.26. The molecule has 5 nitrogen and oxygen atoms in total. The lowest BCUT2D eigenvalue weighted by atomic mass is 10.3. The van der Waals surface area contributed by atoms with E-state index in [1.54, 1.807) is 6.07 Å². The van der Waals surface area contributed by atoms with Crippen LogP contribution in [0.1, 0.15) is 11.5 Å². The quantitative estimate of drug-likeness (QED) is 0.917. The van der Waals surface area contributed by atoms with E-state index >= 15 is 0 Å². The topological polar surface area (TPSA) is 63.8 Å². The molecule has 7 heteroatoms. The van der Waals surface area contributed by atoms with E-state index < -0.39 is 0 Å². The fraction of sp³-hybridized carbons (Fsp3) is 0.222. The maximum atomic E-state index is 5.83. The molecule has 0 aromatic carbocycles. The third-order valence-electron chi connectivity index (χ3n) is 1.85. The molecule has 0 aliphatic carbocycles. The van der Waals surface area contributed by atoms with E-state index in [1.807, 2.05) is 13.0 Å². The number of aromatic nitrogens is 3. The van der Waals surface area contributed by atoms with Crippen LogP contribution in [-0.4, -0.2) is 15.4 Å². The number of aryl methyl sites for hydroxylation is 1. The van der Waals surface area contributed by atoms with Gasteiger partial charge in [0.2, 0.25) is 0 Å². The molecule has 0 radical (unpaired) electrons. The zero-order chi connectivity index (χ0) is 11.5. The molecule has 84 valence electrons. The molecule has 2 rings (SSSR count). The molecule has 2 aromatic rings. The number of hydrogen-bond acceptors (Lipinski definition) is 5. The number of rotatable bonds is 3. The molecule has 0 fully saturated rings. The van der Waals surface area contributed by atoms with Gasteiger partial charge in [-0.25, -0.2) is 0 Å². The van der Waals surface area contributed by atoms with Crippen LogP contribution < -0.4 is 5.32 Å². The van der Waals surface area contributed by atoms with E-state index in [0.29, 0.717) is 18.0 Å². The van der Waals surface area contributed by atoms with Crippen LogP contribution in [0.15, 0.2) is 16.7 Å². The standard InChI is InChI=1S/C9H8Cl2N4O/c1-5-2-6(16-15-5)4-12-7-3-8(10)13-14-9(7)11/h2-3H,4H2,1H3,(H,12,13). The van der Waals surface area contributed by atoms with Crippen LogP contribution in [0.25, 0.3) is 0 Å². The zero-order valence-electron chi connectivity index (χ0n) is 8.37. The molecule has 1 N–H and O–H groups in total. The Morgan fingerprint density at radius 1 is 1.31 bits per heavy atom. The Balaban J connectivity index is 2.07. The van der Waals surface area contributed by atoms with E-state index in [-0.39, 0.29) is 10.3 Å². The van der Waals surface area contributed by atoms with Crippen LogP contribution in [0.2, 0.25) is 10.3 Å². The van der Waals surface area contributed by atoms with E-state index in [9.17, 15) is 0 Å². The first-order valence-corrected chi connectivity index (χ1v) is 5.25. The van der Waals surface area contributed by atoms with E-state index in [1.165, 1.54) is 0 Å². The molecule has 2 aromatic heterocycles. The van der Waals surface area contributed by atoms with Crippen molar-refractivity contribution < 1.29 is 4.52 Å². The van der Waals surface area contributed by atoms with Gasteiger partial charge in [0.15, 0.2) is 16.1 Å². The summed E-state index contributed by atoms with van der Waals surface area (Å²) in [6, 6.07) is 3.43. The van der Waals surface area contributed by atoms with Crippen molar-refractivity contribution in [3.63, 3.8) is 0 Å². The zero-order valence-corrected chi connectivity index (χ0v) is 9.88. The highest BCUT2D eigenvalue weighted by Crippen LogP contribution is 2.21. The Morgan fingerprint density at radius 3 is 2.81 bits per heavy atom. The molecule has 0 aliphatic heterocycles. The van der Waals surface area contributed by atoms with Crippen molar-refractivity contribution in [2.24, 2.45) is 0 Å². The van der Waals surface area contributed by atoms with Crippen LogP contribution in [0.3, 0.4) is 0 Å². The summed E-state index contributed by atoms with van der Waals surface area (Å²) in [6.45, 7) is 2.31. The predicted octanol–water partition coefficient (Wildman–Crippen LogP) is 2.69. The van der Waals surface area contributed by atoms with Gasteiger partial charge in [0.1, 0.15) is 0 Å². The molecule has 0 saturated carbocycles. The number of halogens is 2. The highest BCUT2D eigenvalue weighted by molar-refractivity contribution is 6.33. The molecular formula is C9H8Cl2N4O. The van der Waals surface area contributed by atoms with Gasteiger partial charge in [-0.3, -0.25) is 0 Å². The molecule has 16 heavy (non-hydrogen) atoms. The second-order valence-electron chi connectivity index (χ2n) is 3.16. The van der Waals surface area contributed by atoms with Gasteiger partial charge in [-0.1, -0.05) is 28.4 Å². The van der Waals surface area contributed by atoms with Gasteiger partial charge in [-0.05, 0) is 6.92 Å². The highest BCUT2D eigenvalue weighted by Gasteiger charge is 2.05. The van der Waals surface area contributed by atoms with Crippen molar-refractivity contribution >= 4 is 28.9 Å². The van der Waals surface area contributed by atoms with Gasteiger partial charge in [0, 0.05) is 12.1 Å². The van der Waals surface area contributed by atoms with E-state index in [2.05, 4.69) is 20.7 Å². The average Bonchev–Trinajstić information content (AvgIpc) is 2.66. The maximum Gasteiger partial charge on any atom is 0.174 e. The summed E-state index contributed by atoms with van der Waals surface area (Å²) in [6.07, 6.45) is 0. The fourth-order valence-electron chi connectivity index (χ4n) is 1.16. The van der Waals surface area contributed by atoms with Crippen molar-refractivity contribution in [1.29, 1.82) is 0 Å². The third kappa shape index (κ3) is 2.62. The number of nitrogens with one attached hydrogen (secondary N) is 1. The summed E-state index contributed by atoms with van der Waals surface area (Å²) in [5.74, 6) is 0.710. The minimum absolute atomic E-state index is 0.264. The molecule has 0 spiro atoms. The summed E-state index contributed by atoms with van der Waals surface area (Å²) in [5, 5.41) is 14.6. The second-order valence-corrected chi connectivity index (χ2v) is 3.90. The second kappa shape index (κ2) is 4.67. The van der Waals surface area contributed by atoms with Crippen LogP contribution in [0, 0.1) is 6.92 Å². The van der Waals surface area contributed by atoms with Crippen LogP contribution in [0.4, 0.5) is 5.69 Å². The first-order chi connectivity index (χ1) is 7.65. The first kappa shape index (κ1) is 11.2. The monoisotopic (exact) mass is 258 g/mol. The fourth-order valence-corrected chi connectivity index (χ4v) is 1.47. The Bertz CT molecular complexity index is 500. The van der Waals surface area contributed by atoms with E-state index in [4.69, 9.17) is 27.7 Å². The van der Waals surface area contributed by atoms with Crippen molar-refractivity contribution in [3.05, 3.63) is 33.9 Å². The van der Waals surface area contributed by atoms with Crippen LogP contribution in [-0.2, 0) is 6.54 Å². The third-order valence-corrected chi connectivity index (χ3v) is 2.31. The summed E-state index contributed by atoms with van der Waals surface area (Å²) in [5.41, 5.74) is 1.43. The predicted molar refractivity (Wildman–Crippen MR) is 60.6 cm³/mol. The van der Waals surface area contributed by atoms with Gasteiger partial charge >= 0.3 is 0 Å². The largest absolute Gasteiger partial charge is 0.375 e. The normalized spacial score (nSPS) is 10.4. The molecule has 0 bridgehead atoms. The maximum absolute atomic E-state index is 5.83. The van der Waals surface area contributed by atoms with Gasteiger partial charge in [0.25, 0.3) is 0 Å². The summed E-state index contributed by atoms with van der Waals surface area (Å²) >= 11 is 11.5. The van der Waals surface area contributed by atoms with Gasteiger partial charge in [-0.15, -0.1) is 10.2 Å². The minimum atomic E-state index is 0.264. The number of nitrogens with zero attached hydrogens (tertiary/aromatic N) is 3. The van der Waals surface area contributed by atoms with Gasteiger partial charge < -0.3 is 9.84 Å². The van der Waals surface area contributed by atoms with Gasteiger partial charge in [-0.2, -0.15) is 0 Å². The summed E-state index contributed by atoms with van der Waals surface area (Å²) < 4.78 is 5.03. The minimum Gasteiger partial charge on any atom is -0.375 e. The first-order valence-electron chi connectivity index (χ1n) is 4.50. The lowest BCUT2D eigenvalue weighted by Crippen LogP contribution is -2.00. The lowest BCUT2D eigenvalue weighted by molar-refractivity contribution is 0.384. The number of anilines is 1. The van der Waals surface area contributed by atoms with Crippen molar-refractivity contribution in [3.8, 4) is 0 Å². The summed E-state index contributed by atoms with van der Waals surface area (Å²) in [4.78, 5) is 0. The molecule has 0 saturated heterocycles. The van der Waals surface area contributed by atoms with Crippen LogP contribution >= 0.6 is 23.2 Å². The highest BCUT2D eigenvalue weighted by atomic mass is 35.5. The van der Waals surface area contributed by atoms with Crippen LogP contribution in [0.5, 0.6) is 0 Å². The smallest absolute Gasteiger partial charge is 0.174 e. The molecule has 0 aliphatic rings. The Hall–Kier alpha value is -1.33. The van der Waals surface area contributed by atoms with Crippen molar-refractivity contribution in [1.82, 2.24) is 15.4 Å². The Labute approximate surface area is 102 Å². The molecule has 0 amide bonds. The van der Waals surface area contributed by atoms with Gasteiger partial charge in [0.05, 0.1) is 17.9 Å². The molecular weight excluding hydrogens is 251 g/mol. The SMILES string of the molecule is Cc1cc(CNc2cc(Cl)nnc2Cl)on1.